The summed E-state index contributed by atoms with van der Waals surface area (Å²) in [4.78, 5) is 4.39. The van der Waals surface area contributed by atoms with Crippen molar-refractivity contribution in [3.05, 3.63) is 51.7 Å². The first-order valence-corrected chi connectivity index (χ1v) is 7.15. The SMILES string of the molecule is COc1ccc(CNc2nc(C)c(CO)c(Cl)c2C=N)cc1. The van der Waals surface area contributed by atoms with Gasteiger partial charge in [-0.05, 0) is 24.6 Å². The average Bonchev–Trinajstić information content (AvgIpc) is 2.53. The fraction of sp³-hybridized carbons (Fsp3) is 0.250. The van der Waals surface area contributed by atoms with Gasteiger partial charge in [0.25, 0.3) is 0 Å². The highest BCUT2D eigenvalue weighted by molar-refractivity contribution is 6.34. The number of aryl methyl sites for hydroxylation is 1. The molecule has 0 radical (unpaired) electrons. The van der Waals surface area contributed by atoms with E-state index in [0.29, 0.717) is 34.2 Å². The van der Waals surface area contributed by atoms with Crippen molar-refractivity contribution in [3.8, 4) is 5.75 Å². The van der Waals surface area contributed by atoms with Crippen LogP contribution in [0.5, 0.6) is 5.75 Å². The third kappa shape index (κ3) is 3.37. The van der Waals surface area contributed by atoms with Gasteiger partial charge in [0, 0.05) is 24.0 Å². The molecule has 116 valence electrons. The number of benzene rings is 1. The van der Waals surface area contributed by atoms with Crippen molar-refractivity contribution in [2.75, 3.05) is 12.4 Å². The quantitative estimate of drug-likeness (QED) is 0.715. The maximum absolute atomic E-state index is 9.34. The lowest BCUT2D eigenvalue weighted by Gasteiger charge is -2.14. The molecule has 0 bridgehead atoms. The minimum atomic E-state index is -0.197. The Labute approximate surface area is 134 Å². The lowest BCUT2D eigenvalue weighted by atomic mass is 10.1. The number of methoxy groups -OCH3 is 1. The van der Waals surface area contributed by atoms with Crippen LogP contribution in [0.25, 0.3) is 0 Å². The molecule has 0 saturated carbocycles. The molecule has 0 saturated heterocycles. The summed E-state index contributed by atoms with van der Waals surface area (Å²) >= 11 is 6.23. The van der Waals surface area contributed by atoms with Gasteiger partial charge in [-0.15, -0.1) is 0 Å². The zero-order chi connectivity index (χ0) is 16.1. The summed E-state index contributed by atoms with van der Waals surface area (Å²) in [6.07, 6.45) is 1.14. The van der Waals surface area contributed by atoms with Crippen LogP contribution < -0.4 is 10.1 Å². The molecule has 5 nitrogen and oxygen atoms in total. The van der Waals surface area contributed by atoms with E-state index in [9.17, 15) is 5.11 Å². The predicted octanol–water partition coefficient (Wildman–Crippen LogP) is 3.15. The second-order valence-electron chi connectivity index (χ2n) is 4.76. The summed E-state index contributed by atoms with van der Waals surface area (Å²) in [6, 6.07) is 7.67. The van der Waals surface area contributed by atoms with Gasteiger partial charge in [-0.3, -0.25) is 0 Å². The third-order valence-electron chi connectivity index (χ3n) is 3.39. The van der Waals surface area contributed by atoms with Crippen LogP contribution in [0.2, 0.25) is 5.02 Å². The molecule has 1 heterocycles. The van der Waals surface area contributed by atoms with Gasteiger partial charge in [-0.1, -0.05) is 23.7 Å². The number of nitrogens with zero attached hydrogens (tertiary/aromatic N) is 1. The van der Waals surface area contributed by atoms with Gasteiger partial charge in [0.15, 0.2) is 0 Å². The molecule has 22 heavy (non-hydrogen) atoms. The summed E-state index contributed by atoms with van der Waals surface area (Å²) in [5, 5.41) is 20.4. The van der Waals surface area contributed by atoms with E-state index >= 15 is 0 Å². The van der Waals surface area contributed by atoms with Crippen molar-refractivity contribution < 1.29 is 9.84 Å². The van der Waals surface area contributed by atoms with Crippen LogP contribution in [-0.4, -0.2) is 23.4 Å². The average molecular weight is 320 g/mol. The van der Waals surface area contributed by atoms with Crippen LogP contribution in [0.1, 0.15) is 22.4 Å². The van der Waals surface area contributed by atoms with Crippen LogP contribution in [-0.2, 0) is 13.2 Å². The second kappa shape index (κ2) is 7.24. The number of rotatable bonds is 6. The van der Waals surface area contributed by atoms with Crippen molar-refractivity contribution in [1.82, 2.24) is 4.98 Å². The molecule has 0 fully saturated rings. The van der Waals surface area contributed by atoms with Crippen molar-refractivity contribution in [3.63, 3.8) is 0 Å². The zero-order valence-electron chi connectivity index (χ0n) is 12.5. The van der Waals surface area contributed by atoms with Crippen LogP contribution in [0.4, 0.5) is 5.82 Å². The first-order valence-electron chi connectivity index (χ1n) is 6.77. The molecule has 2 rings (SSSR count). The number of nitrogens with one attached hydrogen (secondary N) is 2. The Kier molecular flexibility index (Phi) is 5.35. The number of hydrogen-bond acceptors (Lipinski definition) is 5. The van der Waals surface area contributed by atoms with E-state index in [-0.39, 0.29) is 6.61 Å². The van der Waals surface area contributed by atoms with E-state index in [4.69, 9.17) is 21.7 Å². The minimum absolute atomic E-state index is 0.197. The van der Waals surface area contributed by atoms with E-state index in [1.165, 1.54) is 0 Å². The lowest BCUT2D eigenvalue weighted by Crippen LogP contribution is -2.08. The predicted molar refractivity (Wildman–Crippen MR) is 88.1 cm³/mol. The maximum Gasteiger partial charge on any atom is 0.136 e. The van der Waals surface area contributed by atoms with Crippen molar-refractivity contribution >= 4 is 23.6 Å². The first kappa shape index (κ1) is 16.3. The molecule has 0 aliphatic carbocycles. The Hall–Kier alpha value is -2.11. The van der Waals surface area contributed by atoms with Gasteiger partial charge < -0.3 is 20.6 Å². The molecule has 6 heteroatoms. The van der Waals surface area contributed by atoms with Gasteiger partial charge in [0.2, 0.25) is 0 Å². The Morgan fingerprint density at radius 2 is 2.05 bits per heavy atom. The molecule has 0 unspecified atom stereocenters. The second-order valence-corrected chi connectivity index (χ2v) is 5.13. The van der Waals surface area contributed by atoms with Crippen LogP contribution in [0.3, 0.4) is 0 Å². The lowest BCUT2D eigenvalue weighted by molar-refractivity contribution is 0.280. The number of hydrogen-bond donors (Lipinski definition) is 3. The largest absolute Gasteiger partial charge is 0.497 e. The standard InChI is InChI=1S/C16H18ClN3O2/c1-10-14(9-21)15(17)13(7-18)16(20-10)19-8-11-3-5-12(22-2)6-4-11/h3-7,18,21H,8-9H2,1-2H3,(H,19,20). The fourth-order valence-electron chi connectivity index (χ4n) is 2.10. The van der Waals surface area contributed by atoms with E-state index < -0.39 is 0 Å². The highest BCUT2D eigenvalue weighted by Crippen LogP contribution is 2.28. The zero-order valence-corrected chi connectivity index (χ0v) is 13.2. The fourth-order valence-corrected chi connectivity index (χ4v) is 2.44. The Morgan fingerprint density at radius 1 is 1.36 bits per heavy atom. The van der Waals surface area contributed by atoms with E-state index in [0.717, 1.165) is 17.5 Å². The van der Waals surface area contributed by atoms with Gasteiger partial charge in [0.1, 0.15) is 11.6 Å². The number of ether oxygens (including phenoxy) is 1. The molecular formula is C16H18ClN3O2. The molecular weight excluding hydrogens is 302 g/mol. The molecule has 1 aromatic carbocycles. The summed E-state index contributed by atoms with van der Waals surface area (Å²) in [5.74, 6) is 1.33. The number of pyridine rings is 1. The van der Waals surface area contributed by atoms with E-state index in [1.807, 2.05) is 24.3 Å². The Balaban J connectivity index is 2.23. The van der Waals surface area contributed by atoms with Gasteiger partial charge in [0.05, 0.1) is 24.3 Å². The van der Waals surface area contributed by atoms with Gasteiger partial charge in [-0.2, -0.15) is 0 Å². The van der Waals surface area contributed by atoms with Crippen molar-refractivity contribution in [2.24, 2.45) is 0 Å². The first-order chi connectivity index (χ1) is 10.6. The summed E-state index contributed by atoms with van der Waals surface area (Å²) in [7, 11) is 1.63. The number of aliphatic hydroxyl groups is 1. The molecule has 3 N–H and O–H groups in total. The van der Waals surface area contributed by atoms with Crippen LogP contribution in [0, 0.1) is 12.3 Å². The summed E-state index contributed by atoms with van der Waals surface area (Å²) < 4.78 is 5.12. The number of anilines is 1. The van der Waals surface area contributed by atoms with E-state index in [2.05, 4.69) is 10.3 Å². The number of aromatic nitrogens is 1. The Bertz CT molecular complexity index is 672. The molecule has 2 aromatic rings. The highest BCUT2D eigenvalue weighted by atomic mass is 35.5. The molecule has 1 aromatic heterocycles. The van der Waals surface area contributed by atoms with E-state index in [1.54, 1.807) is 14.0 Å². The topological polar surface area (TPSA) is 78.2 Å². The molecule has 0 amide bonds. The van der Waals surface area contributed by atoms with Crippen molar-refractivity contribution in [2.45, 2.75) is 20.1 Å². The third-order valence-corrected chi connectivity index (χ3v) is 3.83. The molecule has 0 spiro atoms. The van der Waals surface area contributed by atoms with Crippen LogP contribution >= 0.6 is 11.6 Å². The normalized spacial score (nSPS) is 10.4. The van der Waals surface area contributed by atoms with Gasteiger partial charge >= 0.3 is 0 Å². The maximum atomic E-state index is 9.34. The smallest absolute Gasteiger partial charge is 0.136 e. The van der Waals surface area contributed by atoms with Gasteiger partial charge in [-0.25, -0.2) is 4.98 Å². The molecule has 0 aliphatic rings. The molecule has 0 aliphatic heterocycles. The molecule has 0 atom stereocenters. The Morgan fingerprint density at radius 3 is 2.59 bits per heavy atom. The van der Waals surface area contributed by atoms with Crippen molar-refractivity contribution in [1.29, 1.82) is 5.41 Å². The monoisotopic (exact) mass is 319 g/mol. The highest BCUT2D eigenvalue weighted by Gasteiger charge is 2.14. The number of halogens is 1. The number of aliphatic hydroxyl groups excluding tert-OH is 1. The summed E-state index contributed by atoms with van der Waals surface area (Å²) in [5.41, 5.74) is 2.73. The van der Waals surface area contributed by atoms with Crippen LogP contribution in [0.15, 0.2) is 24.3 Å². The minimum Gasteiger partial charge on any atom is -0.497 e. The summed E-state index contributed by atoms with van der Waals surface area (Å²) in [6.45, 7) is 2.13.